The Bertz CT molecular complexity index is 608. The van der Waals surface area contributed by atoms with E-state index in [0.717, 1.165) is 14.9 Å². The van der Waals surface area contributed by atoms with Gasteiger partial charge in [-0.2, -0.15) is 0 Å². The van der Waals surface area contributed by atoms with E-state index in [0.29, 0.717) is 11.5 Å². The summed E-state index contributed by atoms with van der Waals surface area (Å²) in [4.78, 5) is 15.9. The van der Waals surface area contributed by atoms with Crippen LogP contribution < -0.4 is 16.0 Å². The third-order valence-electron chi connectivity index (χ3n) is 2.96. The van der Waals surface area contributed by atoms with Crippen molar-refractivity contribution < 1.29 is 4.79 Å². The van der Waals surface area contributed by atoms with E-state index in [4.69, 9.17) is 0 Å². The number of nitrogens with one attached hydrogen (secondary N) is 3. The van der Waals surface area contributed by atoms with Crippen molar-refractivity contribution >= 4 is 45.8 Å². The largest absolute Gasteiger partial charge is 0.369 e. The Morgan fingerprint density at radius 1 is 1.39 bits per heavy atom. The molecular weight excluding hydrogens is 343 g/mol. The van der Waals surface area contributed by atoms with Crippen molar-refractivity contribution in [2.24, 2.45) is 4.99 Å². The minimum absolute atomic E-state index is 0.185. The first-order chi connectivity index (χ1) is 8.54. The second kappa shape index (κ2) is 3.98. The number of halogens is 1. The number of amides is 2. The van der Waals surface area contributed by atoms with Crippen molar-refractivity contribution in [3.05, 3.63) is 33.5 Å². The summed E-state index contributed by atoms with van der Waals surface area (Å²) in [5.41, 5.74) is 3.60. The van der Waals surface area contributed by atoms with Gasteiger partial charge in [0.15, 0.2) is 0 Å². The van der Waals surface area contributed by atoms with Gasteiger partial charge < -0.3 is 10.6 Å². The lowest BCUT2D eigenvalue weighted by atomic mass is 10.1. The van der Waals surface area contributed by atoms with Crippen LogP contribution in [0.5, 0.6) is 0 Å². The zero-order valence-electron chi connectivity index (χ0n) is 9.67. The van der Waals surface area contributed by atoms with Crippen molar-refractivity contribution in [3.8, 4) is 0 Å². The molecular formula is C12H11IN4O. The van der Waals surface area contributed by atoms with Gasteiger partial charge in [-0.05, 0) is 47.2 Å². The highest BCUT2D eigenvalue weighted by Gasteiger charge is 2.31. The number of benzene rings is 1. The van der Waals surface area contributed by atoms with Gasteiger partial charge in [-0.3, -0.25) is 5.32 Å². The number of nitrogens with zero attached hydrogens (tertiary/aromatic N) is 1. The minimum Gasteiger partial charge on any atom is -0.369 e. The van der Waals surface area contributed by atoms with Crippen LogP contribution >= 0.6 is 22.6 Å². The molecule has 2 heterocycles. The number of anilines is 1. The minimum atomic E-state index is -0.290. The van der Waals surface area contributed by atoms with Crippen LogP contribution in [-0.2, 0) is 0 Å². The number of carbonyl (C=O) groups excluding carboxylic acids is 1. The summed E-state index contributed by atoms with van der Waals surface area (Å²) >= 11 is 2.27. The van der Waals surface area contributed by atoms with Crippen LogP contribution in [0, 0.1) is 10.5 Å². The van der Waals surface area contributed by atoms with Crippen molar-refractivity contribution in [3.63, 3.8) is 0 Å². The molecule has 2 aliphatic heterocycles. The molecule has 3 N–H and O–H groups in total. The zero-order valence-corrected chi connectivity index (χ0v) is 11.8. The van der Waals surface area contributed by atoms with Crippen LogP contribution in [0.3, 0.4) is 0 Å². The number of hydrogen-bond acceptors (Lipinski definition) is 3. The number of fused-ring (bicyclic) bond motifs is 2. The van der Waals surface area contributed by atoms with Gasteiger partial charge >= 0.3 is 6.03 Å². The van der Waals surface area contributed by atoms with E-state index in [1.165, 1.54) is 5.56 Å². The highest BCUT2D eigenvalue weighted by atomic mass is 127. The quantitative estimate of drug-likeness (QED) is 0.626. The van der Waals surface area contributed by atoms with Crippen LogP contribution in [0.25, 0.3) is 0 Å². The lowest BCUT2D eigenvalue weighted by Crippen LogP contribution is -2.56. The second-order valence-electron chi connectivity index (χ2n) is 4.30. The standard InChI is InChI=1S/C12H11IN4O/c1-5-3-8-9(4-7(5)13)16-11-10(15-8)6(2)14-12(18)17-11/h3-4,10,15H,2H2,1H3,(H2,14,16,17,18). The first kappa shape index (κ1) is 11.5. The maximum absolute atomic E-state index is 11.4. The van der Waals surface area contributed by atoms with E-state index < -0.39 is 0 Å². The number of hydrogen-bond donors (Lipinski definition) is 3. The van der Waals surface area contributed by atoms with Gasteiger partial charge in [-0.1, -0.05) is 6.58 Å². The van der Waals surface area contributed by atoms with Gasteiger partial charge in [0.25, 0.3) is 0 Å². The van der Waals surface area contributed by atoms with Crippen LogP contribution in [-0.4, -0.2) is 17.9 Å². The average Bonchev–Trinajstić information content (AvgIpc) is 2.29. The Morgan fingerprint density at radius 2 is 2.17 bits per heavy atom. The van der Waals surface area contributed by atoms with Crippen LogP contribution in [0.1, 0.15) is 5.56 Å². The summed E-state index contributed by atoms with van der Waals surface area (Å²) < 4.78 is 1.15. The van der Waals surface area contributed by atoms with E-state index in [1.54, 1.807) is 0 Å². The highest BCUT2D eigenvalue weighted by molar-refractivity contribution is 14.1. The normalized spacial score (nSPS) is 21.0. The van der Waals surface area contributed by atoms with Crippen LogP contribution in [0.15, 0.2) is 29.4 Å². The zero-order chi connectivity index (χ0) is 12.9. The Kier molecular flexibility index (Phi) is 2.54. The smallest absolute Gasteiger partial charge is 0.324 e. The molecule has 0 bridgehead atoms. The van der Waals surface area contributed by atoms with Crippen molar-refractivity contribution in [1.29, 1.82) is 0 Å². The third kappa shape index (κ3) is 1.76. The second-order valence-corrected chi connectivity index (χ2v) is 5.46. The van der Waals surface area contributed by atoms with E-state index in [-0.39, 0.29) is 12.1 Å². The number of aliphatic imine (C=N–C) groups is 1. The molecule has 0 aliphatic carbocycles. The molecule has 2 aliphatic rings. The summed E-state index contributed by atoms with van der Waals surface area (Å²) in [7, 11) is 0. The fourth-order valence-corrected chi connectivity index (χ4v) is 2.47. The molecule has 0 saturated carbocycles. The van der Waals surface area contributed by atoms with Gasteiger partial charge in [0.05, 0.1) is 11.4 Å². The van der Waals surface area contributed by atoms with Crippen LogP contribution in [0.2, 0.25) is 0 Å². The van der Waals surface area contributed by atoms with Gasteiger partial charge in [0.1, 0.15) is 11.9 Å². The maximum atomic E-state index is 11.4. The molecule has 1 atom stereocenters. The molecule has 18 heavy (non-hydrogen) atoms. The molecule has 0 radical (unpaired) electrons. The van der Waals surface area contributed by atoms with Crippen molar-refractivity contribution in [2.45, 2.75) is 13.0 Å². The predicted molar refractivity (Wildman–Crippen MR) is 79.2 cm³/mol. The first-order valence-corrected chi connectivity index (χ1v) is 6.54. The van der Waals surface area contributed by atoms with Gasteiger partial charge in [-0.25, -0.2) is 9.79 Å². The molecule has 5 nitrogen and oxygen atoms in total. The molecule has 1 aromatic carbocycles. The Hall–Kier alpha value is -1.57. The molecule has 3 rings (SSSR count). The Morgan fingerprint density at radius 3 is 2.94 bits per heavy atom. The van der Waals surface area contributed by atoms with Gasteiger partial charge in [0.2, 0.25) is 0 Å². The van der Waals surface area contributed by atoms with Gasteiger partial charge in [0, 0.05) is 9.27 Å². The number of urea groups is 1. The summed E-state index contributed by atoms with van der Waals surface area (Å²) in [5.74, 6) is 0.593. The highest BCUT2D eigenvalue weighted by Crippen LogP contribution is 2.34. The number of amidine groups is 1. The van der Waals surface area contributed by atoms with Crippen LogP contribution in [0.4, 0.5) is 16.2 Å². The summed E-state index contributed by atoms with van der Waals surface area (Å²) in [6.45, 7) is 5.90. The summed E-state index contributed by atoms with van der Waals surface area (Å²) in [6.07, 6.45) is 0. The predicted octanol–water partition coefficient (Wildman–Crippen LogP) is 2.25. The topological polar surface area (TPSA) is 65.5 Å². The lowest BCUT2D eigenvalue weighted by molar-refractivity contribution is 0.246. The SMILES string of the molecule is C=C1NC(=O)NC2=Nc3cc(I)c(C)cc3NC12. The number of rotatable bonds is 0. The molecule has 1 saturated heterocycles. The van der Waals surface area contributed by atoms with Gasteiger partial charge in [-0.15, -0.1) is 0 Å². The van der Waals surface area contributed by atoms with E-state index in [1.807, 2.05) is 6.07 Å². The Balaban J connectivity index is 2.10. The molecule has 2 amide bonds. The molecule has 1 fully saturated rings. The van der Waals surface area contributed by atoms with E-state index >= 15 is 0 Å². The maximum Gasteiger partial charge on any atom is 0.324 e. The lowest BCUT2D eigenvalue weighted by Gasteiger charge is -2.32. The summed E-state index contributed by atoms with van der Waals surface area (Å²) in [6, 6.07) is 3.58. The average molecular weight is 354 g/mol. The molecule has 1 unspecified atom stereocenters. The number of aryl methyl sites for hydroxylation is 1. The monoisotopic (exact) mass is 354 g/mol. The Labute approximate surface area is 118 Å². The first-order valence-electron chi connectivity index (χ1n) is 5.46. The molecule has 1 aromatic rings. The summed E-state index contributed by atoms with van der Waals surface area (Å²) in [5, 5.41) is 8.67. The fraction of sp³-hybridized carbons (Fsp3) is 0.167. The van der Waals surface area contributed by atoms with Crippen molar-refractivity contribution in [2.75, 3.05) is 5.32 Å². The molecule has 6 heteroatoms. The molecule has 92 valence electrons. The van der Waals surface area contributed by atoms with E-state index in [9.17, 15) is 4.79 Å². The molecule has 0 aromatic heterocycles. The fourth-order valence-electron chi connectivity index (χ4n) is 2.02. The molecule has 0 spiro atoms. The van der Waals surface area contributed by atoms with E-state index in [2.05, 4.69) is 63.1 Å². The third-order valence-corrected chi connectivity index (χ3v) is 4.12. The number of carbonyl (C=O) groups is 1. The van der Waals surface area contributed by atoms with Crippen molar-refractivity contribution in [1.82, 2.24) is 10.6 Å².